The van der Waals surface area contributed by atoms with Crippen molar-refractivity contribution in [1.29, 1.82) is 0 Å². The molecule has 1 aromatic rings. The van der Waals surface area contributed by atoms with Crippen molar-refractivity contribution < 1.29 is 0 Å². The molecule has 1 N–H and O–H groups in total. The summed E-state index contributed by atoms with van der Waals surface area (Å²) in [7, 11) is 2.01. The van der Waals surface area contributed by atoms with Crippen LogP contribution < -0.4 is 5.32 Å². The van der Waals surface area contributed by atoms with Crippen LogP contribution in [0, 0.1) is 12.3 Å². The molecular weight excluding hydrogens is 282 g/mol. The summed E-state index contributed by atoms with van der Waals surface area (Å²) in [6, 6.07) is 0. The average Bonchev–Trinajstić information content (AvgIpc) is 2.71. The highest BCUT2D eigenvalue weighted by molar-refractivity contribution is 6.31. The van der Waals surface area contributed by atoms with Crippen molar-refractivity contribution in [2.24, 2.45) is 12.5 Å². The van der Waals surface area contributed by atoms with E-state index in [0.29, 0.717) is 0 Å². The van der Waals surface area contributed by atoms with Gasteiger partial charge in [0.05, 0.1) is 16.4 Å². The molecule has 122 valence electrons. The van der Waals surface area contributed by atoms with E-state index < -0.39 is 0 Å². The normalized spacial score (nSPS) is 14.4. The molecule has 0 amide bonds. The summed E-state index contributed by atoms with van der Waals surface area (Å²) in [5, 5.41) is 8.95. The number of nitrogens with zero attached hydrogens (tertiary/aromatic N) is 2. The molecule has 0 spiro atoms. The molecule has 1 rings (SSSR count). The third kappa shape index (κ3) is 5.00. The van der Waals surface area contributed by atoms with Crippen molar-refractivity contribution in [3.63, 3.8) is 0 Å². The summed E-state index contributed by atoms with van der Waals surface area (Å²) in [4.78, 5) is 0. The van der Waals surface area contributed by atoms with Gasteiger partial charge in [0.2, 0.25) is 0 Å². The van der Waals surface area contributed by atoms with E-state index in [1.54, 1.807) is 0 Å². The van der Waals surface area contributed by atoms with Crippen LogP contribution in [0.2, 0.25) is 5.02 Å². The van der Waals surface area contributed by atoms with Gasteiger partial charge < -0.3 is 5.32 Å². The zero-order valence-corrected chi connectivity index (χ0v) is 15.2. The summed E-state index contributed by atoms with van der Waals surface area (Å²) in [6.07, 6.45) is 7.13. The Balaban J connectivity index is 2.93. The second kappa shape index (κ2) is 8.79. The highest BCUT2D eigenvalue weighted by Crippen LogP contribution is 2.35. The summed E-state index contributed by atoms with van der Waals surface area (Å²) < 4.78 is 1.97. The summed E-state index contributed by atoms with van der Waals surface area (Å²) in [5.41, 5.74) is 2.41. The molecule has 0 aliphatic carbocycles. The maximum atomic E-state index is 6.47. The predicted octanol–water partition coefficient (Wildman–Crippen LogP) is 4.51. The predicted molar refractivity (Wildman–Crippen MR) is 92.1 cm³/mol. The van der Waals surface area contributed by atoms with E-state index in [2.05, 4.69) is 31.2 Å². The highest BCUT2D eigenvalue weighted by atomic mass is 35.5. The Morgan fingerprint density at radius 1 is 1.24 bits per heavy atom. The van der Waals surface area contributed by atoms with Crippen LogP contribution in [0.25, 0.3) is 0 Å². The Morgan fingerprint density at radius 3 is 2.43 bits per heavy atom. The smallest absolute Gasteiger partial charge is 0.0847 e. The van der Waals surface area contributed by atoms with Gasteiger partial charge in [0.1, 0.15) is 0 Å². The lowest BCUT2D eigenvalue weighted by atomic mass is 9.76. The van der Waals surface area contributed by atoms with E-state index in [0.717, 1.165) is 30.2 Å². The number of unbranched alkanes of at least 4 members (excludes halogenated alkanes) is 1. The summed E-state index contributed by atoms with van der Waals surface area (Å²) >= 11 is 6.47. The molecule has 0 saturated carbocycles. The molecule has 1 unspecified atom stereocenters. The van der Waals surface area contributed by atoms with Gasteiger partial charge in [0, 0.05) is 13.6 Å². The van der Waals surface area contributed by atoms with Gasteiger partial charge in [0.25, 0.3) is 0 Å². The average molecular weight is 314 g/mol. The number of aromatic nitrogens is 2. The number of halogens is 1. The van der Waals surface area contributed by atoms with Crippen molar-refractivity contribution in [3.05, 3.63) is 16.4 Å². The van der Waals surface area contributed by atoms with E-state index in [4.69, 9.17) is 11.6 Å². The van der Waals surface area contributed by atoms with Crippen LogP contribution in [0.1, 0.15) is 64.3 Å². The topological polar surface area (TPSA) is 29.9 Å². The van der Waals surface area contributed by atoms with Gasteiger partial charge in [-0.25, -0.2) is 0 Å². The van der Waals surface area contributed by atoms with E-state index in [1.165, 1.54) is 37.8 Å². The monoisotopic (exact) mass is 313 g/mol. The highest BCUT2D eigenvalue weighted by Gasteiger charge is 2.30. The SMILES string of the molecule is CCCCC(CC)(CNCCC)Cc1c(Cl)c(C)nn1C. The third-order valence-electron chi connectivity index (χ3n) is 4.54. The molecule has 0 bridgehead atoms. The zero-order chi connectivity index (χ0) is 15.9. The lowest BCUT2D eigenvalue weighted by Crippen LogP contribution is -2.37. The van der Waals surface area contributed by atoms with Gasteiger partial charge in [-0.3, -0.25) is 4.68 Å². The number of hydrogen-bond donors (Lipinski definition) is 1. The van der Waals surface area contributed by atoms with Crippen LogP contribution in [-0.2, 0) is 13.5 Å². The number of rotatable bonds is 10. The molecule has 0 radical (unpaired) electrons. The van der Waals surface area contributed by atoms with Crippen LogP contribution in [0.15, 0.2) is 0 Å². The summed E-state index contributed by atoms with van der Waals surface area (Å²) in [5.74, 6) is 0. The van der Waals surface area contributed by atoms with Gasteiger partial charge in [-0.2, -0.15) is 5.10 Å². The molecule has 4 heteroatoms. The molecule has 21 heavy (non-hydrogen) atoms. The van der Waals surface area contributed by atoms with Gasteiger partial charge in [-0.05, 0) is 44.6 Å². The third-order valence-corrected chi connectivity index (χ3v) is 5.03. The first-order valence-electron chi connectivity index (χ1n) is 8.38. The van der Waals surface area contributed by atoms with Crippen LogP contribution in [0.4, 0.5) is 0 Å². The molecule has 3 nitrogen and oxygen atoms in total. The van der Waals surface area contributed by atoms with Gasteiger partial charge in [0.15, 0.2) is 0 Å². The van der Waals surface area contributed by atoms with Crippen molar-refractivity contribution in [1.82, 2.24) is 15.1 Å². The molecule has 1 aromatic heterocycles. The minimum Gasteiger partial charge on any atom is -0.316 e. The molecule has 0 fully saturated rings. The summed E-state index contributed by atoms with van der Waals surface area (Å²) in [6.45, 7) is 10.9. The Labute approximate surface area is 135 Å². The quantitative estimate of drug-likeness (QED) is 0.644. The Bertz CT molecular complexity index is 428. The molecule has 1 heterocycles. The van der Waals surface area contributed by atoms with Gasteiger partial charge >= 0.3 is 0 Å². The molecule has 0 saturated heterocycles. The molecular formula is C17H32ClN3. The second-order valence-corrected chi connectivity index (χ2v) is 6.66. The van der Waals surface area contributed by atoms with Crippen molar-refractivity contribution in [2.75, 3.05) is 13.1 Å². The Hall–Kier alpha value is -0.540. The Kier molecular flexibility index (Phi) is 7.75. The fourth-order valence-electron chi connectivity index (χ4n) is 2.98. The van der Waals surface area contributed by atoms with Gasteiger partial charge in [-0.15, -0.1) is 0 Å². The first kappa shape index (κ1) is 18.5. The fraction of sp³-hybridized carbons (Fsp3) is 0.824. The first-order chi connectivity index (χ1) is 9.99. The van der Waals surface area contributed by atoms with Crippen molar-refractivity contribution in [2.45, 2.75) is 66.2 Å². The molecule has 0 aliphatic heterocycles. The van der Waals surface area contributed by atoms with Gasteiger partial charge in [-0.1, -0.05) is 45.2 Å². The van der Waals surface area contributed by atoms with E-state index >= 15 is 0 Å². The maximum absolute atomic E-state index is 6.47. The largest absolute Gasteiger partial charge is 0.316 e. The fourth-order valence-corrected chi connectivity index (χ4v) is 3.20. The minimum atomic E-state index is 0.287. The number of nitrogens with one attached hydrogen (secondary N) is 1. The maximum Gasteiger partial charge on any atom is 0.0847 e. The molecule has 0 aliphatic rings. The minimum absolute atomic E-state index is 0.287. The molecule has 0 aromatic carbocycles. The first-order valence-corrected chi connectivity index (χ1v) is 8.76. The lowest BCUT2D eigenvalue weighted by Gasteiger charge is -2.33. The standard InChI is InChI=1S/C17H32ClN3/c1-6-9-10-17(8-3,13-19-11-7-2)12-15-16(18)14(4)20-21(15)5/h19H,6-13H2,1-5H3. The molecule has 1 atom stereocenters. The second-order valence-electron chi connectivity index (χ2n) is 6.28. The number of aryl methyl sites for hydroxylation is 2. The zero-order valence-electron chi connectivity index (χ0n) is 14.4. The Morgan fingerprint density at radius 2 is 1.95 bits per heavy atom. The van der Waals surface area contributed by atoms with Crippen LogP contribution in [0.5, 0.6) is 0 Å². The van der Waals surface area contributed by atoms with Crippen molar-refractivity contribution in [3.8, 4) is 0 Å². The van der Waals surface area contributed by atoms with Crippen molar-refractivity contribution >= 4 is 11.6 Å². The van der Waals surface area contributed by atoms with E-state index in [1.807, 2.05) is 18.7 Å². The van der Waals surface area contributed by atoms with Crippen LogP contribution in [-0.4, -0.2) is 22.9 Å². The lowest BCUT2D eigenvalue weighted by molar-refractivity contribution is 0.225. The van der Waals surface area contributed by atoms with E-state index in [9.17, 15) is 0 Å². The van der Waals surface area contributed by atoms with Crippen LogP contribution >= 0.6 is 11.6 Å². The number of hydrogen-bond acceptors (Lipinski definition) is 2. The van der Waals surface area contributed by atoms with E-state index in [-0.39, 0.29) is 5.41 Å². The van der Waals surface area contributed by atoms with Crippen LogP contribution in [0.3, 0.4) is 0 Å².